The van der Waals surface area contributed by atoms with Gasteiger partial charge in [-0.2, -0.15) is 0 Å². The first-order valence-electron chi connectivity index (χ1n) is 6.29. The summed E-state index contributed by atoms with van der Waals surface area (Å²) in [6.07, 6.45) is 4.09. The highest BCUT2D eigenvalue weighted by atomic mass is 35.5. The number of aromatic nitrogens is 1. The first kappa shape index (κ1) is 11.8. The van der Waals surface area contributed by atoms with E-state index in [9.17, 15) is 0 Å². The van der Waals surface area contributed by atoms with Gasteiger partial charge in [-0.05, 0) is 36.0 Å². The van der Waals surface area contributed by atoms with E-state index in [0.29, 0.717) is 22.0 Å². The normalized spacial score (nSPS) is 38.6. The van der Waals surface area contributed by atoms with Crippen molar-refractivity contribution in [3.05, 3.63) is 10.5 Å². The highest BCUT2D eigenvalue weighted by Gasteiger charge is 2.59. The summed E-state index contributed by atoms with van der Waals surface area (Å²) in [5.41, 5.74) is 0.803. The van der Waals surface area contributed by atoms with Gasteiger partial charge >= 0.3 is 0 Å². The van der Waals surface area contributed by atoms with E-state index < -0.39 is 0 Å². The Labute approximate surface area is 112 Å². The lowest BCUT2D eigenvalue weighted by atomic mass is 9.68. The SMILES string of the molecule is CC12CCC(C1)C(C)(C)C2Nc1nc(Cl)cs1. The minimum atomic E-state index is 0.366. The van der Waals surface area contributed by atoms with Gasteiger partial charge in [-0.3, -0.25) is 0 Å². The molecule has 2 nitrogen and oxygen atoms in total. The van der Waals surface area contributed by atoms with Crippen LogP contribution < -0.4 is 5.32 Å². The maximum Gasteiger partial charge on any atom is 0.184 e. The number of hydrogen-bond donors (Lipinski definition) is 1. The summed E-state index contributed by atoms with van der Waals surface area (Å²) < 4.78 is 0. The van der Waals surface area contributed by atoms with E-state index in [4.69, 9.17) is 11.6 Å². The Hall–Kier alpha value is -0.280. The van der Waals surface area contributed by atoms with Gasteiger partial charge in [0.25, 0.3) is 0 Å². The minimum Gasteiger partial charge on any atom is -0.358 e. The zero-order valence-electron chi connectivity index (χ0n) is 10.6. The van der Waals surface area contributed by atoms with Gasteiger partial charge in [0.2, 0.25) is 0 Å². The molecule has 0 aromatic carbocycles. The second kappa shape index (κ2) is 3.61. The van der Waals surface area contributed by atoms with Gasteiger partial charge in [-0.15, -0.1) is 11.3 Å². The Balaban J connectivity index is 1.87. The molecule has 0 aliphatic heterocycles. The number of halogens is 1. The average molecular weight is 271 g/mol. The molecule has 2 bridgehead atoms. The van der Waals surface area contributed by atoms with Gasteiger partial charge in [0, 0.05) is 11.4 Å². The van der Waals surface area contributed by atoms with Gasteiger partial charge in [-0.1, -0.05) is 32.4 Å². The van der Waals surface area contributed by atoms with Crippen LogP contribution in [-0.2, 0) is 0 Å². The van der Waals surface area contributed by atoms with Crippen LogP contribution in [0.4, 0.5) is 5.13 Å². The second-order valence-corrected chi connectivity index (χ2v) is 7.71. The number of nitrogens with one attached hydrogen (secondary N) is 1. The van der Waals surface area contributed by atoms with Crippen molar-refractivity contribution in [3.8, 4) is 0 Å². The van der Waals surface area contributed by atoms with Crippen LogP contribution in [0.25, 0.3) is 0 Å². The molecule has 3 rings (SSSR count). The number of anilines is 1. The molecule has 3 unspecified atom stereocenters. The van der Waals surface area contributed by atoms with Crippen molar-refractivity contribution in [2.24, 2.45) is 16.7 Å². The van der Waals surface area contributed by atoms with E-state index in [1.54, 1.807) is 11.3 Å². The van der Waals surface area contributed by atoms with Gasteiger partial charge in [0.05, 0.1) is 0 Å². The monoisotopic (exact) mass is 270 g/mol. The zero-order chi connectivity index (χ0) is 12.3. The summed E-state index contributed by atoms with van der Waals surface area (Å²) in [6.45, 7) is 7.22. The van der Waals surface area contributed by atoms with E-state index >= 15 is 0 Å². The number of hydrogen-bond acceptors (Lipinski definition) is 3. The Bertz CT molecular complexity index is 438. The molecule has 1 N–H and O–H groups in total. The van der Waals surface area contributed by atoms with Crippen molar-refractivity contribution in [2.75, 3.05) is 5.32 Å². The molecule has 4 heteroatoms. The Morgan fingerprint density at radius 2 is 2.24 bits per heavy atom. The molecule has 0 radical (unpaired) electrons. The summed E-state index contributed by atoms with van der Waals surface area (Å²) in [6, 6.07) is 0.524. The van der Waals surface area contributed by atoms with Crippen LogP contribution in [0.15, 0.2) is 5.38 Å². The van der Waals surface area contributed by atoms with Crippen molar-refractivity contribution in [1.29, 1.82) is 0 Å². The molecule has 0 amide bonds. The Kier molecular flexibility index (Phi) is 2.50. The van der Waals surface area contributed by atoms with E-state index in [0.717, 1.165) is 11.0 Å². The highest BCUT2D eigenvalue weighted by molar-refractivity contribution is 7.14. The lowest BCUT2D eigenvalue weighted by molar-refractivity contribution is 0.155. The van der Waals surface area contributed by atoms with Crippen LogP contribution in [0.1, 0.15) is 40.0 Å². The maximum absolute atomic E-state index is 5.89. The van der Waals surface area contributed by atoms with Crippen LogP contribution in [-0.4, -0.2) is 11.0 Å². The molecule has 2 aliphatic carbocycles. The zero-order valence-corrected chi connectivity index (χ0v) is 12.2. The molecule has 0 saturated heterocycles. The third-order valence-corrected chi connectivity index (χ3v) is 6.11. The molecule has 1 heterocycles. The van der Waals surface area contributed by atoms with Crippen molar-refractivity contribution in [3.63, 3.8) is 0 Å². The topological polar surface area (TPSA) is 24.9 Å². The minimum absolute atomic E-state index is 0.366. The van der Waals surface area contributed by atoms with Gasteiger partial charge < -0.3 is 5.32 Å². The van der Waals surface area contributed by atoms with Gasteiger partial charge in [0.1, 0.15) is 5.15 Å². The van der Waals surface area contributed by atoms with E-state index in [1.165, 1.54) is 19.3 Å². The molecule has 0 spiro atoms. The molecular weight excluding hydrogens is 252 g/mol. The van der Waals surface area contributed by atoms with Crippen LogP contribution in [0, 0.1) is 16.7 Å². The fourth-order valence-corrected chi connectivity index (χ4v) is 4.97. The molecule has 2 fully saturated rings. The van der Waals surface area contributed by atoms with Gasteiger partial charge in [0.15, 0.2) is 5.13 Å². The number of thiazole rings is 1. The van der Waals surface area contributed by atoms with Crippen molar-refractivity contribution in [1.82, 2.24) is 4.98 Å². The van der Waals surface area contributed by atoms with E-state index in [2.05, 4.69) is 31.1 Å². The van der Waals surface area contributed by atoms with Crippen LogP contribution in [0.2, 0.25) is 5.15 Å². The van der Waals surface area contributed by atoms with Crippen LogP contribution in [0.5, 0.6) is 0 Å². The standard InChI is InChI=1S/C13H19ClN2S/c1-12(2)8-4-5-13(3,6-8)10(12)16-11-15-9(14)7-17-11/h7-8,10H,4-6H2,1-3H3,(H,15,16). The summed E-state index contributed by atoms with van der Waals surface area (Å²) in [4.78, 5) is 4.33. The number of rotatable bonds is 2. The van der Waals surface area contributed by atoms with Crippen molar-refractivity contribution < 1.29 is 0 Å². The molecule has 1 aromatic heterocycles. The highest BCUT2D eigenvalue weighted by Crippen LogP contribution is 2.63. The van der Waals surface area contributed by atoms with Crippen LogP contribution in [0.3, 0.4) is 0 Å². The van der Waals surface area contributed by atoms with Crippen molar-refractivity contribution >= 4 is 28.1 Å². The lowest BCUT2D eigenvalue weighted by Gasteiger charge is -2.43. The third-order valence-electron chi connectivity index (χ3n) is 5.01. The fraction of sp³-hybridized carbons (Fsp3) is 0.769. The predicted molar refractivity (Wildman–Crippen MR) is 73.8 cm³/mol. The smallest absolute Gasteiger partial charge is 0.184 e. The van der Waals surface area contributed by atoms with Crippen LogP contribution >= 0.6 is 22.9 Å². The molecule has 17 heavy (non-hydrogen) atoms. The summed E-state index contributed by atoms with van der Waals surface area (Å²) in [7, 11) is 0. The quantitative estimate of drug-likeness (QED) is 0.860. The molecule has 3 atom stereocenters. The molecular formula is C13H19ClN2S. The second-order valence-electron chi connectivity index (χ2n) is 6.47. The Morgan fingerprint density at radius 3 is 2.76 bits per heavy atom. The van der Waals surface area contributed by atoms with Crippen molar-refractivity contribution in [2.45, 2.75) is 46.1 Å². The van der Waals surface area contributed by atoms with Gasteiger partial charge in [-0.25, -0.2) is 4.98 Å². The van der Waals surface area contributed by atoms with E-state index in [-0.39, 0.29) is 0 Å². The first-order valence-corrected chi connectivity index (χ1v) is 7.55. The average Bonchev–Trinajstić information content (AvgIpc) is 2.85. The number of nitrogens with zero attached hydrogens (tertiary/aromatic N) is 1. The largest absolute Gasteiger partial charge is 0.358 e. The lowest BCUT2D eigenvalue weighted by Crippen LogP contribution is -2.45. The predicted octanol–water partition coefficient (Wildman–Crippen LogP) is 4.42. The summed E-state index contributed by atoms with van der Waals surface area (Å²) >= 11 is 7.50. The summed E-state index contributed by atoms with van der Waals surface area (Å²) in [5.74, 6) is 0.862. The fourth-order valence-electron chi connectivity index (χ4n) is 4.11. The van der Waals surface area contributed by atoms with E-state index in [1.807, 2.05) is 5.38 Å². The molecule has 2 saturated carbocycles. The molecule has 2 aliphatic rings. The third kappa shape index (κ3) is 1.70. The summed E-state index contributed by atoms with van der Waals surface area (Å²) in [5, 5.41) is 7.12. The Morgan fingerprint density at radius 1 is 1.47 bits per heavy atom. The molecule has 94 valence electrons. The first-order chi connectivity index (χ1) is 7.92. The maximum atomic E-state index is 5.89. The number of fused-ring (bicyclic) bond motifs is 2. The molecule has 1 aromatic rings.